The number of piperidine rings is 1. The molecule has 0 amide bonds. The maximum atomic E-state index is 12.5. The SMILES string of the molecule is CN=C(NCCc1nc(C(F)(F)F)cs1)NCCN1CCC(C)CC1. The highest BCUT2D eigenvalue weighted by Gasteiger charge is 2.33. The average molecular weight is 377 g/mol. The fourth-order valence-corrected chi connectivity index (χ4v) is 3.49. The van der Waals surface area contributed by atoms with Gasteiger partial charge in [-0.2, -0.15) is 13.2 Å². The van der Waals surface area contributed by atoms with Crippen molar-refractivity contribution in [3.05, 3.63) is 16.1 Å². The summed E-state index contributed by atoms with van der Waals surface area (Å²) in [4.78, 5) is 10.2. The quantitative estimate of drug-likeness (QED) is 0.591. The molecule has 25 heavy (non-hydrogen) atoms. The Morgan fingerprint density at radius 2 is 2.00 bits per heavy atom. The van der Waals surface area contributed by atoms with E-state index >= 15 is 0 Å². The van der Waals surface area contributed by atoms with Gasteiger partial charge in [0.1, 0.15) is 0 Å². The molecule has 0 saturated carbocycles. The Hall–Kier alpha value is -1.35. The number of halogens is 3. The number of alkyl halides is 3. The zero-order valence-corrected chi connectivity index (χ0v) is 15.5. The molecule has 1 fully saturated rings. The molecule has 2 heterocycles. The van der Waals surface area contributed by atoms with Crippen molar-refractivity contribution in [2.45, 2.75) is 32.4 Å². The van der Waals surface area contributed by atoms with E-state index in [0.717, 1.165) is 48.8 Å². The van der Waals surface area contributed by atoms with Crippen molar-refractivity contribution in [2.24, 2.45) is 10.9 Å². The fraction of sp³-hybridized carbons (Fsp3) is 0.750. The summed E-state index contributed by atoms with van der Waals surface area (Å²) in [5.74, 6) is 1.49. The number of hydrogen-bond acceptors (Lipinski definition) is 4. The summed E-state index contributed by atoms with van der Waals surface area (Å²) >= 11 is 1.03. The molecule has 0 unspecified atom stereocenters. The maximum Gasteiger partial charge on any atom is 0.434 e. The van der Waals surface area contributed by atoms with Crippen LogP contribution in [0, 0.1) is 5.92 Å². The summed E-state index contributed by atoms with van der Waals surface area (Å²) in [7, 11) is 1.68. The van der Waals surface area contributed by atoms with Gasteiger partial charge in [0, 0.05) is 38.5 Å². The number of rotatable bonds is 6. The number of aliphatic imine (C=N–C) groups is 1. The molecular weight excluding hydrogens is 351 g/mol. The predicted octanol–water partition coefficient (Wildman–Crippen LogP) is 2.60. The van der Waals surface area contributed by atoms with Gasteiger partial charge >= 0.3 is 6.18 Å². The second-order valence-electron chi connectivity index (χ2n) is 6.32. The highest BCUT2D eigenvalue weighted by molar-refractivity contribution is 7.09. The van der Waals surface area contributed by atoms with Crippen LogP contribution in [0.15, 0.2) is 10.4 Å². The molecule has 0 spiro atoms. The molecule has 0 bridgehead atoms. The van der Waals surface area contributed by atoms with E-state index in [9.17, 15) is 13.2 Å². The first-order chi connectivity index (χ1) is 11.9. The third-order valence-corrected chi connectivity index (χ3v) is 5.20. The average Bonchev–Trinajstić information content (AvgIpc) is 3.04. The normalized spacial score (nSPS) is 17.7. The summed E-state index contributed by atoms with van der Waals surface area (Å²) < 4.78 is 37.5. The number of likely N-dealkylation sites (tertiary alicyclic amines) is 1. The van der Waals surface area contributed by atoms with Gasteiger partial charge < -0.3 is 15.5 Å². The van der Waals surface area contributed by atoms with Crippen molar-refractivity contribution < 1.29 is 13.2 Å². The van der Waals surface area contributed by atoms with Crippen molar-refractivity contribution in [3.63, 3.8) is 0 Å². The van der Waals surface area contributed by atoms with Crippen LogP contribution in [0.1, 0.15) is 30.5 Å². The topological polar surface area (TPSA) is 52.6 Å². The maximum absolute atomic E-state index is 12.5. The smallest absolute Gasteiger partial charge is 0.356 e. The zero-order chi connectivity index (χ0) is 18.3. The highest BCUT2D eigenvalue weighted by Crippen LogP contribution is 2.29. The molecule has 9 heteroatoms. The van der Waals surface area contributed by atoms with Gasteiger partial charge in [-0.25, -0.2) is 4.98 Å². The van der Waals surface area contributed by atoms with Crippen LogP contribution in [-0.4, -0.2) is 55.6 Å². The number of guanidine groups is 1. The number of hydrogen-bond donors (Lipinski definition) is 2. The Balaban J connectivity index is 1.64. The molecule has 5 nitrogen and oxygen atoms in total. The molecule has 2 rings (SSSR count). The Morgan fingerprint density at radius 3 is 2.60 bits per heavy atom. The van der Waals surface area contributed by atoms with Gasteiger partial charge in [-0.1, -0.05) is 6.92 Å². The van der Waals surface area contributed by atoms with Crippen molar-refractivity contribution in [1.82, 2.24) is 20.5 Å². The first-order valence-corrected chi connectivity index (χ1v) is 9.45. The molecule has 1 aliphatic rings. The van der Waals surface area contributed by atoms with Crippen molar-refractivity contribution in [3.8, 4) is 0 Å². The van der Waals surface area contributed by atoms with E-state index < -0.39 is 11.9 Å². The standard InChI is InChI=1S/C16H26F3N5S/c1-12-4-8-24(9-5-12)10-7-22-15(20-2)21-6-3-14-23-13(11-25-14)16(17,18)19/h11-12H,3-10H2,1-2H3,(H2,20,21,22). The van der Waals surface area contributed by atoms with Gasteiger partial charge in [0.25, 0.3) is 0 Å². The molecule has 0 aliphatic carbocycles. The minimum Gasteiger partial charge on any atom is -0.356 e. The first kappa shape index (κ1) is 20.0. The van der Waals surface area contributed by atoms with Crippen LogP contribution in [0.3, 0.4) is 0 Å². The van der Waals surface area contributed by atoms with Gasteiger partial charge in [-0.15, -0.1) is 11.3 Å². The van der Waals surface area contributed by atoms with Gasteiger partial charge in [0.2, 0.25) is 0 Å². The van der Waals surface area contributed by atoms with E-state index in [2.05, 4.69) is 32.4 Å². The molecule has 0 aromatic carbocycles. The second-order valence-corrected chi connectivity index (χ2v) is 7.27. The molecule has 1 aliphatic heterocycles. The summed E-state index contributed by atoms with van der Waals surface area (Å²) in [5, 5.41) is 7.89. The number of nitrogens with one attached hydrogen (secondary N) is 2. The minimum absolute atomic E-state index is 0.436. The lowest BCUT2D eigenvalue weighted by molar-refractivity contribution is -0.140. The first-order valence-electron chi connectivity index (χ1n) is 8.57. The van der Waals surface area contributed by atoms with Crippen LogP contribution in [0.2, 0.25) is 0 Å². The van der Waals surface area contributed by atoms with Gasteiger partial charge in [0.05, 0.1) is 5.01 Å². The molecule has 0 radical (unpaired) electrons. The van der Waals surface area contributed by atoms with Crippen LogP contribution in [0.4, 0.5) is 13.2 Å². The largest absolute Gasteiger partial charge is 0.434 e. The number of thiazole rings is 1. The van der Waals surface area contributed by atoms with Crippen LogP contribution < -0.4 is 10.6 Å². The summed E-state index contributed by atoms with van der Waals surface area (Å²) in [6.07, 6.45) is -1.43. The monoisotopic (exact) mass is 377 g/mol. The Bertz CT molecular complexity index is 550. The van der Waals surface area contributed by atoms with Gasteiger partial charge in [-0.05, 0) is 31.8 Å². The van der Waals surface area contributed by atoms with E-state index in [1.165, 1.54) is 12.8 Å². The summed E-state index contributed by atoms with van der Waals surface area (Å²) in [5.41, 5.74) is -0.814. The zero-order valence-electron chi connectivity index (χ0n) is 14.7. The van der Waals surface area contributed by atoms with Crippen LogP contribution >= 0.6 is 11.3 Å². The third-order valence-electron chi connectivity index (χ3n) is 4.29. The molecule has 142 valence electrons. The molecule has 1 aromatic heterocycles. The van der Waals surface area contributed by atoms with E-state index in [1.807, 2.05) is 0 Å². The molecule has 2 N–H and O–H groups in total. The van der Waals surface area contributed by atoms with Crippen molar-refractivity contribution >= 4 is 17.3 Å². The fourth-order valence-electron chi connectivity index (χ4n) is 2.68. The Kier molecular flexibility index (Phi) is 7.49. The lowest BCUT2D eigenvalue weighted by Crippen LogP contribution is -2.43. The van der Waals surface area contributed by atoms with E-state index in [-0.39, 0.29) is 0 Å². The third kappa shape index (κ3) is 6.81. The molecule has 0 atom stereocenters. The Labute approximate surface area is 150 Å². The number of aromatic nitrogens is 1. The summed E-state index contributed by atoms with van der Waals surface area (Å²) in [6, 6.07) is 0. The van der Waals surface area contributed by atoms with Gasteiger partial charge in [0.15, 0.2) is 11.7 Å². The number of nitrogens with zero attached hydrogens (tertiary/aromatic N) is 3. The van der Waals surface area contributed by atoms with Gasteiger partial charge in [-0.3, -0.25) is 4.99 Å². The Morgan fingerprint density at radius 1 is 1.32 bits per heavy atom. The van der Waals surface area contributed by atoms with E-state index in [1.54, 1.807) is 7.05 Å². The van der Waals surface area contributed by atoms with Crippen LogP contribution in [0.5, 0.6) is 0 Å². The minimum atomic E-state index is -4.37. The summed E-state index contributed by atoms with van der Waals surface area (Å²) in [6.45, 7) is 6.83. The molecular formula is C16H26F3N5S. The second kappa shape index (κ2) is 9.38. The molecule has 1 saturated heterocycles. The predicted molar refractivity (Wildman–Crippen MR) is 95.0 cm³/mol. The lowest BCUT2D eigenvalue weighted by atomic mass is 9.99. The highest BCUT2D eigenvalue weighted by atomic mass is 32.1. The van der Waals surface area contributed by atoms with Crippen LogP contribution in [-0.2, 0) is 12.6 Å². The molecule has 1 aromatic rings. The van der Waals surface area contributed by atoms with E-state index in [4.69, 9.17) is 0 Å². The van der Waals surface area contributed by atoms with E-state index in [0.29, 0.717) is 23.9 Å². The van der Waals surface area contributed by atoms with Crippen molar-refractivity contribution in [2.75, 3.05) is 39.8 Å². The van der Waals surface area contributed by atoms with Crippen molar-refractivity contribution in [1.29, 1.82) is 0 Å². The van der Waals surface area contributed by atoms with Crippen LogP contribution in [0.25, 0.3) is 0 Å². The lowest BCUT2D eigenvalue weighted by Gasteiger charge is -2.30.